The lowest BCUT2D eigenvalue weighted by molar-refractivity contribution is 0.491. The lowest BCUT2D eigenvalue weighted by Crippen LogP contribution is -2.40. The van der Waals surface area contributed by atoms with E-state index >= 15 is 0 Å². The number of sulfonamides is 1. The fraction of sp³-hybridized carbons (Fsp3) is 0.474. The average molecular weight is 392 g/mol. The summed E-state index contributed by atoms with van der Waals surface area (Å²) in [5.41, 5.74) is 0.767. The largest absolute Gasteiger partial charge is 0.350 e. The summed E-state index contributed by atoms with van der Waals surface area (Å²) in [5, 5.41) is 6.42. The standard InChI is InChI=1S/C19H29N5O2S/c1-13-12-20-17(23-18(2,3)4)22-16(13)21-14-9-8-10-15(11-14)27(25,26)24-19(5,6)7/h8-12,24H,1-7H3,(H2,20,21,22,23). The van der Waals surface area contributed by atoms with E-state index in [1.165, 1.54) is 0 Å². The number of anilines is 3. The maximum atomic E-state index is 12.6. The predicted octanol–water partition coefficient (Wildman–Crippen LogP) is 3.82. The highest BCUT2D eigenvalue weighted by atomic mass is 32.2. The van der Waals surface area contributed by atoms with Crippen LogP contribution in [0.3, 0.4) is 0 Å². The van der Waals surface area contributed by atoms with Crippen molar-refractivity contribution in [1.82, 2.24) is 14.7 Å². The van der Waals surface area contributed by atoms with E-state index in [4.69, 9.17) is 0 Å². The van der Waals surface area contributed by atoms with Gasteiger partial charge in [0.05, 0.1) is 4.90 Å². The highest BCUT2D eigenvalue weighted by Gasteiger charge is 2.22. The molecule has 1 aromatic heterocycles. The number of hydrogen-bond donors (Lipinski definition) is 3. The Kier molecular flexibility index (Phi) is 5.82. The van der Waals surface area contributed by atoms with Gasteiger partial charge in [-0.3, -0.25) is 0 Å². The molecular formula is C19H29N5O2S. The minimum Gasteiger partial charge on any atom is -0.350 e. The normalized spacial score (nSPS) is 12.7. The van der Waals surface area contributed by atoms with Crippen LogP contribution in [0.25, 0.3) is 0 Å². The van der Waals surface area contributed by atoms with Gasteiger partial charge in [-0.1, -0.05) is 6.07 Å². The van der Waals surface area contributed by atoms with Crippen molar-refractivity contribution in [3.8, 4) is 0 Å². The van der Waals surface area contributed by atoms with Crippen LogP contribution in [0.1, 0.15) is 47.1 Å². The van der Waals surface area contributed by atoms with Crippen LogP contribution in [0.15, 0.2) is 35.4 Å². The van der Waals surface area contributed by atoms with E-state index < -0.39 is 15.6 Å². The fourth-order valence-corrected chi connectivity index (χ4v) is 3.77. The van der Waals surface area contributed by atoms with Gasteiger partial charge in [-0.15, -0.1) is 0 Å². The Morgan fingerprint density at radius 1 is 1.00 bits per heavy atom. The summed E-state index contributed by atoms with van der Waals surface area (Å²) in [6.07, 6.45) is 1.73. The van der Waals surface area contributed by atoms with Crippen LogP contribution in [0.2, 0.25) is 0 Å². The van der Waals surface area contributed by atoms with Crippen molar-refractivity contribution in [1.29, 1.82) is 0 Å². The summed E-state index contributed by atoms with van der Waals surface area (Å²) in [6, 6.07) is 6.66. The zero-order valence-corrected chi connectivity index (χ0v) is 17.8. The van der Waals surface area contributed by atoms with Crippen LogP contribution in [0.5, 0.6) is 0 Å². The zero-order valence-electron chi connectivity index (χ0n) is 17.0. The fourth-order valence-electron chi connectivity index (χ4n) is 2.30. The Hall–Kier alpha value is -2.19. The second-order valence-corrected chi connectivity index (χ2v) is 10.3. The van der Waals surface area contributed by atoms with Gasteiger partial charge in [-0.2, -0.15) is 4.98 Å². The van der Waals surface area contributed by atoms with E-state index in [1.54, 1.807) is 51.2 Å². The van der Waals surface area contributed by atoms with Gasteiger partial charge in [0.2, 0.25) is 16.0 Å². The van der Waals surface area contributed by atoms with Crippen LogP contribution in [0, 0.1) is 6.92 Å². The molecule has 0 amide bonds. The van der Waals surface area contributed by atoms with E-state index in [9.17, 15) is 8.42 Å². The molecule has 0 aliphatic heterocycles. The molecule has 8 heteroatoms. The highest BCUT2D eigenvalue weighted by molar-refractivity contribution is 7.89. The maximum Gasteiger partial charge on any atom is 0.241 e. The molecule has 2 rings (SSSR count). The molecule has 0 atom stereocenters. The number of hydrogen-bond acceptors (Lipinski definition) is 6. The third kappa shape index (κ3) is 6.48. The van der Waals surface area contributed by atoms with Crippen molar-refractivity contribution in [2.24, 2.45) is 0 Å². The van der Waals surface area contributed by atoms with Crippen LogP contribution >= 0.6 is 0 Å². The van der Waals surface area contributed by atoms with Crippen molar-refractivity contribution in [2.45, 2.75) is 64.4 Å². The number of aryl methyl sites for hydroxylation is 1. The maximum absolute atomic E-state index is 12.6. The molecule has 2 aromatic rings. The number of nitrogens with one attached hydrogen (secondary N) is 3. The highest BCUT2D eigenvalue weighted by Crippen LogP contribution is 2.23. The Bertz CT molecular complexity index is 912. The molecule has 0 spiro atoms. The lowest BCUT2D eigenvalue weighted by Gasteiger charge is -2.21. The molecule has 0 saturated carbocycles. The second kappa shape index (κ2) is 7.44. The summed E-state index contributed by atoms with van der Waals surface area (Å²) in [7, 11) is -3.61. The minimum absolute atomic E-state index is 0.168. The SMILES string of the molecule is Cc1cnc(NC(C)(C)C)nc1Nc1cccc(S(=O)(=O)NC(C)(C)C)c1. The molecule has 148 valence electrons. The summed E-state index contributed by atoms with van der Waals surface area (Å²) in [5.74, 6) is 1.13. The minimum atomic E-state index is -3.61. The molecule has 0 bridgehead atoms. The first kappa shape index (κ1) is 21.1. The smallest absolute Gasteiger partial charge is 0.241 e. The van der Waals surface area contributed by atoms with Gasteiger partial charge < -0.3 is 10.6 Å². The number of aromatic nitrogens is 2. The summed E-state index contributed by atoms with van der Waals surface area (Å²) in [6.45, 7) is 13.4. The van der Waals surface area contributed by atoms with Gasteiger partial charge in [-0.25, -0.2) is 18.1 Å². The molecule has 27 heavy (non-hydrogen) atoms. The van der Waals surface area contributed by atoms with Crippen molar-refractivity contribution in [3.05, 3.63) is 36.0 Å². The van der Waals surface area contributed by atoms with Crippen molar-refractivity contribution in [2.75, 3.05) is 10.6 Å². The first-order valence-corrected chi connectivity index (χ1v) is 10.3. The number of benzene rings is 1. The van der Waals surface area contributed by atoms with E-state index in [0.29, 0.717) is 17.5 Å². The zero-order chi connectivity index (χ0) is 20.5. The van der Waals surface area contributed by atoms with Crippen molar-refractivity contribution < 1.29 is 8.42 Å². The molecule has 3 N–H and O–H groups in total. The Labute approximate surface area is 162 Å². The van der Waals surface area contributed by atoms with E-state index in [1.807, 2.05) is 27.7 Å². The van der Waals surface area contributed by atoms with E-state index in [2.05, 4.69) is 25.3 Å². The summed E-state index contributed by atoms with van der Waals surface area (Å²) in [4.78, 5) is 9.00. The molecular weight excluding hydrogens is 362 g/mol. The van der Waals surface area contributed by atoms with Gasteiger partial charge >= 0.3 is 0 Å². The number of rotatable bonds is 5. The summed E-state index contributed by atoms with van der Waals surface area (Å²) < 4.78 is 27.8. The topological polar surface area (TPSA) is 96.0 Å². The first-order chi connectivity index (χ1) is 12.3. The quantitative estimate of drug-likeness (QED) is 0.717. The Morgan fingerprint density at radius 2 is 1.67 bits per heavy atom. The second-order valence-electron chi connectivity index (χ2n) is 8.61. The van der Waals surface area contributed by atoms with Crippen LogP contribution in [-0.2, 0) is 10.0 Å². The van der Waals surface area contributed by atoms with Crippen LogP contribution in [0.4, 0.5) is 17.5 Å². The average Bonchev–Trinajstić information content (AvgIpc) is 2.47. The molecule has 0 saturated heterocycles. The molecule has 0 radical (unpaired) electrons. The molecule has 0 unspecified atom stereocenters. The Balaban J connectivity index is 2.30. The molecule has 1 heterocycles. The van der Waals surface area contributed by atoms with Crippen molar-refractivity contribution in [3.63, 3.8) is 0 Å². The Morgan fingerprint density at radius 3 is 2.26 bits per heavy atom. The van der Waals surface area contributed by atoms with Crippen LogP contribution < -0.4 is 15.4 Å². The lowest BCUT2D eigenvalue weighted by atomic mass is 10.1. The summed E-state index contributed by atoms with van der Waals surface area (Å²) >= 11 is 0. The van der Waals surface area contributed by atoms with E-state index in [0.717, 1.165) is 5.56 Å². The first-order valence-electron chi connectivity index (χ1n) is 8.78. The third-order valence-corrected chi connectivity index (χ3v) is 5.06. The monoisotopic (exact) mass is 391 g/mol. The van der Waals surface area contributed by atoms with Gasteiger partial charge in [0, 0.05) is 28.5 Å². The van der Waals surface area contributed by atoms with Gasteiger partial charge in [0.25, 0.3) is 0 Å². The molecule has 1 aromatic carbocycles. The third-order valence-electron chi connectivity index (χ3n) is 3.31. The molecule has 0 aliphatic rings. The van der Waals surface area contributed by atoms with Crippen molar-refractivity contribution >= 4 is 27.5 Å². The van der Waals surface area contributed by atoms with E-state index in [-0.39, 0.29) is 10.4 Å². The molecule has 0 aliphatic carbocycles. The molecule has 7 nitrogen and oxygen atoms in total. The predicted molar refractivity (Wildman–Crippen MR) is 110 cm³/mol. The van der Waals surface area contributed by atoms with Gasteiger partial charge in [0.15, 0.2) is 0 Å². The van der Waals surface area contributed by atoms with Gasteiger partial charge in [-0.05, 0) is 66.7 Å². The molecule has 0 fully saturated rings. The number of nitrogens with zero attached hydrogens (tertiary/aromatic N) is 2. The van der Waals surface area contributed by atoms with Crippen LogP contribution in [-0.4, -0.2) is 29.5 Å². The van der Waals surface area contributed by atoms with Gasteiger partial charge in [0.1, 0.15) is 5.82 Å².